The Kier molecular flexibility index (Phi) is 4.97. The lowest BCUT2D eigenvalue weighted by Gasteiger charge is -2.05. The lowest BCUT2D eigenvalue weighted by molar-refractivity contribution is 0.0600. The summed E-state index contributed by atoms with van der Waals surface area (Å²) < 4.78 is 4.77. The fourth-order valence-electron chi connectivity index (χ4n) is 3.09. The van der Waals surface area contributed by atoms with E-state index in [1.54, 1.807) is 24.5 Å². The first kappa shape index (κ1) is 17.7. The van der Waals surface area contributed by atoms with Gasteiger partial charge in [0.05, 0.1) is 30.3 Å². The van der Waals surface area contributed by atoms with Gasteiger partial charge in [0, 0.05) is 12.6 Å². The highest BCUT2D eigenvalue weighted by atomic mass is 16.5. The zero-order chi connectivity index (χ0) is 19.3. The largest absolute Gasteiger partial charge is 0.465 e. The van der Waals surface area contributed by atoms with E-state index in [4.69, 9.17) is 4.74 Å². The van der Waals surface area contributed by atoms with E-state index in [0.717, 1.165) is 11.5 Å². The number of esters is 1. The molecule has 0 fully saturated rings. The molecule has 0 spiro atoms. The van der Waals surface area contributed by atoms with Crippen molar-refractivity contribution in [3.8, 4) is 22.5 Å². The van der Waals surface area contributed by atoms with Gasteiger partial charge in [-0.1, -0.05) is 54.6 Å². The third-order valence-corrected chi connectivity index (χ3v) is 4.49. The van der Waals surface area contributed by atoms with Crippen molar-refractivity contribution in [1.82, 2.24) is 15.0 Å². The van der Waals surface area contributed by atoms with E-state index >= 15 is 0 Å². The van der Waals surface area contributed by atoms with Crippen LogP contribution in [0.25, 0.3) is 22.5 Å². The van der Waals surface area contributed by atoms with Crippen LogP contribution in [-0.4, -0.2) is 28.0 Å². The van der Waals surface area contributed by atoms with Crippen LogP contribution in [0.1, 0.15) is 21.7 Å². The molecule has 1 N–H and O–H groups in total. The van der Waals surface area contributed by atoms with Gasteiger partial charge in [0.2, 0.25) is 0 Å². The molecule has 0 aliphatic carbocycles. The summed E-state index contributed by atoms with van der Waals surface area (Å²) in [6, 6.07) is 22.0. The number of hydrogen-bond donors (Lipinski definition) is 1. The quantitative estimate of drug-likeness (QED) is 0.525. The van der Waals surface area contributed by atoms with E-state index in [9.17, 15) is 4.79 Å². The van der Waals surface area contributed by atoms with Crippen LogP contribution in [0.5, 0.6) is 0 Å². The predicted octanol–water partition coefficient (Wildman–Crippen LogP) is 4.52. The molecule has 4 aromatic rings. The second kappa shape index (κ2) is 7.88. The Morgan fingerprint density at radius 3 is 2.61 bits per heavy atom. The lowest BCUT2D eigenvalue weighted by Crippen LogP contribution is -2.01. The third-order valence-electron chi connectivity index (χ3n) is 4.49. The third kappa shape index (κ3) is 3.83. The minimum absolute atomic E-state index is 0.388. The van der Waals surface area contributed by atoms with Gasteiger partial charge in [-0.25, -0.2) is 9.78 Å². The van der Waals surface area contributed by atoms with E-state index in [-0.39, 0.29) is 5.97 Å². The van der Waals surface area contributed by atoms with Crippen molar-refractivity contribution in [3.63, 3.8) is 0 Å². The van der Waals surface area contributed by atoms with Crippen LogP contribution >= 0.6 is 0 Å². The van der Waals surface area contributed by atoms with Gasteiger partial charge in [0.1, 0.15) is 5.82 Å². The molecule has 28 heavy (non-hydrogen) atoms. The molecule has 0 bridgehead atoms. The predicted molar refractivity (Wildman–Crippen MR) is 108 cm³/mol. The summed E-state index contributed by atoms with van der Waals surface area (Å²) in [5.41, 5.74) is 5.41. The van der Waals surface area contributed by atoms with Crippen molar-refractivity contribution in [2.75, 3.05) is 7.11 Å². The molecule has 0 saturated carbocycles. The average Bonchev–Trinajstić information content (AvgIpc) is 3.22. The molecule has 0 aliphatic rings. The fourth-order valence-corrected chi connectivity index (χ4v) is 3.09. The highest BCUT2D eigenvalue weighted by Crippen LogP contribution is 2.22. The number of aromatic nitrogens is 3. The van der Waals surface area contributed by atoms with E-state index in [2.05, 4.69) is 51.4 Å². The van der Waals surface area contributed by atoms with Gasteiger partial charge in [-0.3, -0.25) is 4.98 Å². The average molecular weight is 369 g/mol. The molecule has 5 heteroatoms. The monoisotopic (exact) mass is 369 g/mol. The molecule has 0 saturated heterocycles. The highest BCUT2D eigenvalue weighted by Gasteiger charge is 2.10. The first-order valence-corrected chi connectivity index (χ1v) is 8.96. The van der Waals surface area contributed by atoms with E-state index in [1.165, 1.54) is 23.8 Å². The normalized spacial score (nSPS) is 10.6. The number of nitrogens with zero attached hydrogens (tertiary/aromatic N) is 2. The van der Waals surface area contributed by atoms with Crippen molar-refractivity contribution in [2.24, 2.45) is 0 Å². The Morgan fingerprint density at radius 1 is 0.964 bits per heavy atom. The Balaban J connectivity index is 1.55. The minimum atomic E-state index is -0.388. The topological polar surface area (TPSA) is 67.9 Å². The van der Waals surface area contributed by atoms with Gasteiger partial charge < -0.3 is 9.72 Å². The molecule has 2 aromatic carbocycles. The van der Waals surface area contributed by atoms with Crippen LogP contribution in [-0.2, 0) is 11.2 Å². The van der Waals surface area contributed by atoms with Crippen LogP contribution in [0.2, 0.25) is 0 Å². The summed E-state index contributed by atoms with van der Waals surface area (Å²) >= 11 is 0. The number of H-pyrrole nitrogens is 1. The summed E-state index contributed by atoms with van der Waals surface area (Å²) in [5.74, 6) is 0.451. The smallest absolute Gasteiger partial charge is 0.337 e. The van der Waals surface area contributed by atoms with Gasteiger partial charge in [0.25, 0.3) is 0 Å². The molecular weight excluding hydrogens is 350 g/mol. The van der Waals surface area contributed by atoms with Crippen LogP contribution in [0.15, 0.2) is 79.1 Å². The lowest BCUT2D eigenvalue weighted by atomic mass is 10.0. The van der Waals surface area contributed by atoms with Gasteiger partial charge in [0.15, 0.2) is 0 Å². The molecule has 2 heterocycles. The summed E-state index contributed by atoms with van der Waals surface area (Å²) in [7, 11) is 1.36. The zero-order valence-electron chi connectivity index (χ0n) is 15.4. The number of ether oxygens (including phenoxy) is 1. The van der Waals surface area contributed by atoms with Gasteiger partial charge in [-0.2, -0.15) is 0 Å². The molecular formula is C23H19N3O2. The molecule has 0 atom stereocenters. The maximum Gasteiger partial charge on any atom is 0.337 e. The summed E-state index contributed by atoms with van der Waals surface area (Å²) in [4.78, 5) is 23.8. The second-order valence-corrected chi connectivity index (χ2v) is 6.41. The van der Waals surface area contributed by atoms with E-state index < -0.39 is 0 Å². The van der Waals surface area contributed by atoms with Crippen molar-refractivity contribution < 1.29 is 9.53 Å². The van der Waals surface area contributed by atoms with Crippen LogP contribution in [0.3, 0.4) is 0 Å². The number of methoxy groups -OCH3 is 1. The Morgan fingerprint density at radius 2 is 1.79 bits per heavy atom. The number of benzene rings is 2. The molecule has 0 radical (unpaired) electrons. The number of carbonyl (C=O) groups excluding carboxylic acids is 1. The molecule has 0 amide bonds. The summed E-state index contributed by atoms with van der Waals surface area (Å²) in [6.07, 6.45) is 4.00. The van der Waals surface area contributed by atoms with Crippen molar-refractivity contribution in [1.29, 1.82) is 0 Å². The number of aromatic amines is 1. The highest BCUT2D eigenvalue weighted by molar-refractivity contribution is 5.90. The molecule has 0 unspecified atom stereocenters. The van der Waals surface area contributed by atoms with Crippen LogP contribution < -0.4 is 0 Å². The fraction of sp³-hybridized carbons (Fsp3) is 0.0870. The number of hydrogen-bond acceptors (Lipinski definition) is 4. The standard InChI is InChI=1S/C23H19N3O2/c1-28-23(27)19-10-11-24-20(14-19)21-15-25-22(26-21)13-16-6-5-9-18(12-16)17-7-3-2-4-8-17/h2-12,14-15H,13H2,1H3,(H,25,26). The first-order chi connectivity index (χ1) is 13.7. The van der Waals surface area contributed by atoms with E-state index in [1.807, 2.05) is 18.2 Å². The molecule has 2 aromatic heterocycles. The number of pyridine rings is 1. The Bertz CT molecular complexity index is 1100. The van der Waals surface area contributed by atoms with Crippen LogP contribution in [0, 0.1) is 0 Å². The molecule has 4 rings (SSSR count). The Hall–Kier alpha value is -3.73. The van der Waals surface area contributed by atoms with Crippen molar-refractivity contribution >= 4 is 5.97 Å². The zero-order valence-corrected chi connectivity index (χ0v) is 15.4. The minimum Gasteiger partial charge on any atom is -0.465 e. The first-order valence-electron chi connectivity index (χ1n) is 8.96. The SMILES string of the molecule is COC(=O)c1ccnc(-c2cnc(Cc3cccc(-c4ccccc4)c3)[nH]2)c1. The van der Waals surface area contributed by atoms with Crippen LogP contribution in [0.4, 0.5) is 0 Å². The maximum atomic E-state index is 11.7. The maximum absolute atomic E-state index is 11.7. The van der Waals surface area contributed by atoms with Gasteiger partial charge in [-0.15, -0.1) is 0 Å². The summed E-state index contributed by atoms with van der Waals surface area (Å²) in [5, 5.41) is 0. The Labute approximate surface area is 163 Å². The number of rotatable bonds is 5. The number of imidazole rings is 1. The van der Waals surface area contributed by atoms with Gasteiger partial charge >= 0.3 is 5.97 Å². The number of nitrogens with one attached hydrogen (secondary N) is 1. The number of carbonyl (C=O) groups is 1. The van der Waals surface area contributed by atoms with Crippen molar-refractivity contribution in [2.45, 2.75) is 6.42 Å². The molecule has 0 aliphatic heterocycles. The second-order valence-electron chi connectivity index (χ2n) is 6.41. The van der Waals surface area contributed by atoms with E-state index in [0.29, 0.717) is 17.7 Å². The summed E-state index contributed by atoms with van der Waals surface area (Å²) in [6.45, 7) is 0. The molecule has 138 valence electrons. The van der Waals surface area contributed by atoms with Crippen molar-refractivity contribution in [3.05, 3.63) is 96.1 Å². The van der Waals surface area contributed by atoms with Gasteiger partial charge in [-0.05, 0) is 28.8 Å². The molecule has 5 nitrogen and oxygen atoms in total.